The van der Waals surface area contributed by atoms with Gasteiger partial charge in [0, 0.05) is 17.8 Å². The van der Waals surface area contributed by atoms with Gasteiger partial charge in [-0.1, -0.05) is 0 Å². The van der Waals surface area contributed by atoms with Crippen molar-refractivity contribution in [1.82, 2.24) is 9.55 Å². The van der Waals surface area contributed by atoms with E-state index in [1.54, 1.807) is 17.7 Å². The van der Waals surface area contributed by atoms with Crippen LogP contribution in [0.25, 0.3) is 0 Å². The van der Waals surface area contributed by atoms with E-state index in [0.717, 1.165) is 25.7 Å². The van der Waals surface area contributed by atoms with Crippen LogP contribution in [0.5, 0.6) is 0 Å². The summed E-state index contributed by atoms with van der Waals surface area (Å²) < 4.78 is 6.53. The van der Waals surface area contributed by atoms with Crippen LogP contribution in [0, 0.1) is 24.7 Å². The van der Waals surface area contributed by atoms with E-state index >= 15 is 0 Å². The maximum atomic E-state index is 12.1. The fourth-order valence-electron chi connectivity index (χ4n) is 4.19. The first-order valence-electron chi connectivity index (χ1n) is 7.43. The van der Waals surface area contributed by atoms with Crippen molar-refractivity contribution in [2.45, 2.75) is 38.6 Å². The van der Waals surface area contributed by atoms with E-state index in [9.17, 15) is 14.4 Å². The smallest absolute Gasteiger partial charge is 0.328 e. The molecule has 0 unspecified atom stereocenters. The van der Waals surface area contributed by atoms with Crippen molar-refractivity contribution in [3.63, 3.8) is 0 Å². The van der Waals surface area contributed by atoms with Crippen molar-refractivity contribution in [2.75, 3.05) is 7.11 Å². The molecule has 0 amide bonds. The zero-order chi connectivity index (χ0) is 15.1. The van der Waals surface area contributed by atoms with Crippen molar-refractivity contribution >= 4 is 5.97 Å². The van der Waals surface area contributed by atoms with Gasteiger partial charge in [0.05, 0.1) is 13.0 Å². The molecule has 0 radical (unpaired) electrons. The molecular weight excluding hydrogens is 272 g/mol. The molecule has 1 N–H and O–H groups in total. The summed E-state index contributed by atoms with van der Waals surface area (Å²) in [4.78, 5) is 37.9. The third-order valence-corrected chi connectivity index (χ3v) is 5.14. The number of hydrogen-bond acceptors (Lipinski definition) is 4. The van der Waals surface area contributed by atoms with Crippen LogP contribution >= 0.6 is 0 Å². The van der Waals surface area contributed by atoms with Crippen molar-refractivity contribution in [3.05, 3.63) is 32.6 Å². The van der Waals surface area contributed by atoms with Gasteiger partial charge >= 0.3 is 11.7 Å². The van der Waals surface area contributed by atoms with Crippen LogP contribution < -0.4 is 11.2 Å². The van der Waals surface area contributed by atoms with E-state index in [-0.39, 0.29) is 35.1 Å². The highest BCUT2D eigenvalue weighted by Gasteiger charge is 2.49. The van der Waals surface area contributed by atoms with Gasteiger partial charge in [-0.2, -0.15) is 0 Å². The van der Waals surface area contributed by atoms with E-state index < -0.39 is 0 Å². The number of nitrogens with zero attached hydrogens (tertiary/aromatic N) is 1. The normalized spacial score (nSPS) is 31.1. The minimum absolute atomic E-state index is 0.0235. The van der Waals surface area contributed by atoms with Gasteiger partial charge in [0.25, 0.3) is 5.56 Å². The lowest BCUT2D eigenvalue weighted by Crippen LogP contribution is -2.37. The molecule has 6 heteroatoms. The molecule has 1 aromatic heterocycles. The molecule has 4 atom stereocenters. The quantitative estimate of drug-likeness (QED) is 0.824. The maximum absolute atomic E-state index is 12.1. The zero-order valence-electron chi connectivity index (χ0n) is 12.3. The summed E-state index contributed by atoms with van der Waals surface area (Å²) in [6.45, 7) is 1.69. The lowest BCUT2D eigenvalue weighted by Gasteiger charge is -2.25. The summed E-state index contributed by atoms with van der Waals surface area (Å²) in [7, 11) is 1.41. The molecule has 6 nitrogen and oxygen atoms in total. The van der Waals surface area contributed by atoms with Crippen LogP contribution in [-0.4, -0.2) is 22.6 Å². The second-order valence-corrected chi connectivity index (χ2v) is 6.17. The summed E-state index contributed by atoms with van der Waals surface area (Å²) in [6.07, 6.45) is 5.36. The first kappa shape index (κ1) is 14.1. The molecule has 0 aromatic carbocycles. The Morgan fingerprint density at radius 2 is 2.00 bits per heavy atom. The fourth-order valence-corrected chi connectivity index (χ4v) is 4.19. The standard InChI is InChI=1S/C15H20N2O4/c1-8-7-17(15(20)16-13(8)18)11-6-4-9-3-5-10(12(9)11)14(19)21-2/h7,9-12H,3-6H2,1-2H3,(H,16,18,20)/t9-,10+,11-,12+/m0/s1. The molecule has 1 aromatic rings. The fraction of sp³-hybridized carbons (Fsp3) is 0.667. The summed E-state index contributed by atoms with van der Waals surface area (Å²) in [5.74, 6) is 0.300. The van der Waals surface area contributed by atoms with E-state index in [1.807, 2.05) is 0 Å². The summed E-state index contributed by atoms with van der Waals surface area (Å²) >= 11 is 0. The Hall–Kier alpha value is -1.85. The van der Waals surface area contributed by atoms with E-state index in [2.05, 4.69) is 4.98 Å². The zero-order valence-corrected chi connectivity index (χ0v) is 12.3. The van der Waals surface area contributed by atoms with Gasteiger partial charge < -0.3 is 4.74 Å². The first-order valence-corrected chi connectivity index (χ1v) is 7.43. The number of H-pyrrole nitrogens is 1. The number of fused-ring (bicyclic) bond motifs is 1. The molecule has 21 heavy (non-hydrogen) atoms. The van der Waals surface area contributed by atoms with Crippen LogP contribution in [-0.2, 0) is 9.53 Å². The third-order valence-electron chi connectivity index (χ3n) is 5.14. The monoisotopic (exact) mass is 292 g/mol. The van der Waals surface area contributed by atoms with Crippen molar-refractivity contribution in [3.8, 4) is 0 Å². The van der Waals surface area contributed by atoms with Gasteiger partial charge in [0.2, 0.25) is 0 Å². The van der Waals surface area contributed by atoms with Crippen molar-refractivity contribution in [1.29, 1.82) is 0 Å². The number of aromatic amines is 1. The Labute approximate surface area is 122 Å². The third kappa shape index (κ3) is 2.22. The van der Waals surface area contributed by atoms with E-state index in [0.29, 0.717) is 11.5 Å². The number of aryl methyl sites for hydroxylation is 1. The Morgan fingerprint density at radius 1 is 1.29 bits per heavy atom. The van der Waals surface area contributed by atoms with Crippen molar-refractivity contribution < 1.29 is 9.53 Å². The number of carbonyl (C=O) groups excluding carboxylic acids is 1. The minimum Gasteiger partial charge on any atom is -0.469 e. The maximum Gasteiger partial charge on any atom is 0.328 e. The van der Waals surface area contributed by atoms with Gasteiger partial charge in [-0.15, -0.1) is 0 Å². The van der Waals surface area contributed by atoms with Crippen LogP contribution in [0.1, 0.15) is 37.3 Å². The number of rotatable bonds is 2. The summed E-state index contributed by atoms with van der Waals surface area (Å²) in [6, 6.07) is -0.0235. The van der Waals surface area contributed by atoms with Crippen LogP contribution in [0.3, 0.4) is 0 Å². The van der Waals surface area contributed by atoms with Crippen LogP contribution in [0.15, 0.2) is 15.8 Å². The molecule has 0 spiro atoms. The number of hydrogen-bond donors (Lipinski definition) is 1. The molecule has 0 bridgehead atoms. The van der Waals surface area contributed by atoms with Gasteiger partial charge in [-0.3, -0.25) is 19.1 Å². The second kappa shape index (κ2) is 5.16. The van der Waals surface area contributed by atoms with Crippen molar-refractivity contribution in [2.24, 2.45) is 17.8 Å². The number of esters is 1. The molecule has 114 valence electrons. The Morgan fingerprint density at radius 3 is 2.71 bits per heavy atom. The number of methoxy groups -OCH3 is 1. The molecule has 2 aliphatic rings. The summed E-state index contributed by atoms with van der Waals surface area (Å²) in [5, 5.41) is 0. The summed E-state index contributed by atoms with van der Waals surface area (Å²) in [5.41, 5.74) is -0.209. The Kier molecular flexibility index (Phi) is 3.47. The molecule has 3 rings (SSSR count). The predicted molar refractivity (Wildman–Crippen MR) is 76.1 cm³/mol. The molecule has 2 saturated carbocycles. The average molecular weight is 292 g/mol. The van der Waals surface area contributed by atoms with E-state index in [4.69, 9.17) is 4.74 Å². The SMILES string of the molecule is COC(=O)[C@@H]1CC[C@H]2CC[C@H](n3cc(C)c(=O)[nH]c3=O)[C@H]21. The van der Waals surface area contributed by atoms with Gasteiger partial charge in [-0.25, -0.2) is 4.79 Å². The topological polar surface area (TPSA) is 81.2 Å². The minimum atomic E-state index is -0.383. The Balaban J connectivity index is 1.99. The van der Waals surface area contributed by atoms with Gasteiger partial charge in [0.15, 0.2) is 0 Å². The molecule has 2 aliphatic carbocycles. The molecule has 1 heterocycles. The molecule has 0 aliphatic heterocycles. The number of nitrogens with one attached hydrogen (secondary N) is 1. The van der Waals surface area contributed by atoms with Crippen LogP contribution in [0.4, 0.5) is 0 Å². The highest BCUT2D eigenvalue weighted by Crippen LogP contribution is 2.52. The largest absolute Gasteiger partial charge is 0.469 e. The van der Waals surface area contributed by atoms with Crippen LogP contribution in [0.2, 0.25) is 0 Å². The van der Waals surface area contributed by atoms with Gasteiger partial charge in [-0.05, 0) is 44.4 Å². The number of carbonyl (C=O) groups is 1. The highest BCUT2D eigenvalue weighted by molar-refractivity contribution is 5.73. The lowest BCUT2D eigenvalue weighted by atomic mass is 9.88. The second-order valence-electron chi connectivity index (χ2n) is 6.17. The average Bonchev–Trinajstić information content (AvgIpc) is 3.03. The van der Waals surface area contributed by atoms with E-state index in [1.165, 1.54) is 7.11 Å². The molecule has 0 saturated heterocycles. The first-order chi connectivity index (χ1) is 10.0. The number of aromatic nitrogens is 2. The molecule has 2 fully saturated rings. The van der Waals surface area contributed by atoms with Gasteiger partial charge in [0.1, 0.15) is 0 Å². The molecular formula is C15H20N2O4. The Bertz CT molecular complexity index is 675. The highest BCUT2D eigenvalue weighted by atomic mass is 16.5. The lowest BCUT2D eigenvalue weighted by molar-refractivity contribution is -0.147. The number of ether oxygens (including phenoxy) is 1. The predicted octanol–water partition coefficient (Wildman–Crippen LogP) is 0.995.